The van der Waals surface area contributed by atoms with E-state index in [2.05, 4.69) is 0 Å². The van der Waals surface area contributed by atoms with Crippen LogP contribution in [-0.4, -0.2) is 34.6 Å². The first-order chi connectivity index (χ1) is 7.99. The third-order valence-corrected chi connectivity index (χ3v) is 3.32. The molecular formula is C13H18N2O2. The van der Waals surface area contributed by atoms with Gasteiger partial charge in [0.05, 0.1) is 11.2 Å². The highest BCUT2D eigenvalue weighted by molar-refractivity contribution is 5.99. The zero-order chi connectivity index (χ0) is 12.5. The molecule has 1 aromatic carbocycles. The lowest BCUT2D eigenvalue weighted by Crippen LogP contribution is -2.45. The van der Waals surface area contributed by atoms with Crippen molar-refractivity contribution in [3.8, 4) is 0 Å². The number of anilines is 1. The zero-order valence-electron chi connectivity index (χ0n) is 10.0. The number of nitrogens with two attached hydrogens (primary N) is 1. The molecule has 3 N–H and O–H groups in total. The monoisotopic (exact) mass is 234 g/mol. The van der Waals surface area contributed by atoms with E-state index in [0.717, 1.165) is 0 Å². The fourth-order valence-corrected chi connectivity index (χ4v) is 2.05. The van der Waals surface area contributed by atoms with E-state index in [0.29, 0.717) is 37.2 Å². The molecule has 2 rings (SSSR count). The first-order valence-electron chi connectivity index (χ1n) is 5.86. The van der Waals surface area contributed by atoms with Gasteiger partial charge in [0.15, 0.2) is 0 Å². The minimum Gasteiger partial charge on any atom is -0.398 e. The van der Waals surface area contributed by atoms with Gasteiger partial charge in [-0.1, -0.05) is 12.1 Å². The van der Waals surface area contributed by atoms with Crippen molar-refractivity contribution in [2.45, 2.75) is 25.4 Å². The maximum Gasteiger partial charge on any atom is 0.255 e. The van der Waals surface area contributed by atoms with Gasteiger partial charge in [0.25, 0.3) is 5.91 Å². The number of nitrogen functional groups attached to an aromatic ring is 1. The zero-order valence-corrected chi connectivity index (χ0v) is 10.0. The van der Waals surface area contributed by atoms with Crippen LogP contribution < -0.4 is 5.73 Å². The van der Waals surface area contributed by atoms with Crippen molar-refractivity contribution in [1.82, 2.24) is 4.90 Å². The Kier molecular flexibility index (Phi) is 3.07. The Hall–Kier alpha value is -1.55. The van der Waals surface area contributed by atoms with Crippen LogP contribution in [0, 0.1) is 0 Å². The van der Waals surface area contributed by atoms with Gasteiger partial charge in [-0.15, -0.1) is 0 Å². The molecule has 1 amide bonds. The second kappa shape index (κ2) is 4.37. The molecule has 0 atom stereocenters. The molecule has 1 saturated heterocycles. The summed E-state index contributed by atoms with van der Waals surface area (Å²) in [7, 11) is 0. The highest BCUT2D eigenvalue weighted by atomic mass is 16.3. The van der Waals surface area contributed by atoms with Gasteiger partial charge in [0.1, 0.15) is 0 Å². The van der Waals surface area contributed by atoms with Crippen LogP contribution >= 0.6 is 0 Å². The largest absolute Gasteiger partial charge is 0.398 e. The Morgan fingerprint density at radius 3 is 2.53 bits per heavy atom. The topological polar surface area (TPSA) is 66.6 Å². The highest BCUT2D eigenvalue weighted by Gasteiger charge is 2.30. The first-order valence-corrected chi connectivity index (χ1v) is 5.86. The molecule has 0 bridgehead atoms. The van der Waals surface area contributed by atoms with E-state index in [4.69, 9.17) is 5.73 Å². The summed E-state index contributed by atoms with van der Waals surface area (Å²) in [5, 5.41) is 9.84. The summed E-state index contributed by atoms with van der Waals surface area (Å²) in [6, 6.07) is 7.09. The molecule has 1 aliphatic heterocycles. The standard InChI is InChI=1S/C13H18N2O2/c1-13(17)6-8-15(9-7-13)12(16)10-4-2-3-5-11(10)14/h2-5,17H,6-9,14H2,1H3. The van der Waals surface area contributed by atoms with E-state index in [9.17, 15) is 9.90 Å². The number of aliphatic hydroxyl groups is 1. The van der Waals surface area contributed by atoms with Gasteiger partial charge >= 0.3 is 0 Å². The lowest BCUT2D eigenvalue weighted by Gasteiger charge is -2.35. The SMILES string of the molecule is CC1(O)CCN(C(=O)c2ccccc2N)CC1. The molecule has 1 aliphatic rings. The van der Waals surface area contributed by atoms with Crippen LogP contribution in [0.5, 0.6) is 0 Å². The van der Waals surface area contributed by atoms with Crippen molar-refractivity contribution in [2.24, 2.45) is 0 Å². The van der Waals surface area contributed by atoms with E-state index in [-0.39, 0.29) is 5.91 Å². The lowest BCUT2D eigenvalue weighted by atomic mass is 9.93. The van der Waals surface area contributed by atoms with Gasteiger partial charge in [-0.05, 0) is 31.9 Å². The average Bonchev–Trinajstić information content (AvgIpc) is 2.29. The van der Waals surface area contributed by atoms with Crippen LogP contribution in [0.1, 0.15) is 30.1 Å². The van der Waals surface area contributed by atoms with E-state index in [1.165, 1.54) is 0 Å². The molecule has 1 aromatic rings. The van der Waals surface area contributed by atoms with Crippen molar-refractivity contribution in [2.75, 3.05) is 18.8 Å². The first kappa shape index (κ1) is 11.9. The molecule has 0 aromatic heterocycles. The number of likely N-dealkylation sites (tertiary alicyclic amines) is 1. The van der Waals surface area contributed by atoms with Crippen molar-refractivity contribution in [3.05, 3.63) is 29.8 Å². The number of piperidine rings is 1. The number of carbonyl (C=O) groups is 1. The van der Waals surface area contributed by atoms with Crippen LogP contribution in [0.15, 0.2) is 24.3 Å². The van der Waals surface area contributed by atoms with Crippen LogP contribution in [0.3, 0.4) is 0 Å². The smallest absolute Gasteiger partial charge is 0.255 e. The summed E-state index contributed by atoms with van der Waals surface area (Å²) >= 11 is 0. The highest BCUT2D eigenvalue weighted by Crippen LogP contribution is 2.23. The predicted molar refractivity (Wildman–Crippen MR) is 66.6 cm³/mol. The average molecular weight is 234 g/mol. The molecule has 0 saturated carbocycles. The molecule has 92 valence electrons. The molecule has 0 aliphatic carbocycles. The second-order valence-corrected chi connectivity index (χ2v) is 4.88. The number of hydrogen-bond acceptors (Lipinski definition) is 3. The summed E-state index contributed by atoms with van der Waals surface area (Å²) in [5.41, 5.74) is 6.20. The van der Waals surface area contributed by atoms with E-state index >= 15 is 0 Å². The molecule has 0 spiro atoms. The Morgan fingerprint density at radius 1 is 1.35 bits per heavy atom. The van der Waals surface area contributed by atoms with Crippen LogP contribution in [-0.2, 0) is 0 Å². The lowest BCUT2D eigenvalue weighted by molar-refractivity contribution is -0.00198. The van der Waals surface area contributed by atoms with E-state index in [1.54, 1.807) is 17.0 Å². The summed E-state index contributed by atoms with van der Waals surface area (Å²) in [5.74, 6) is -0.0430. The molecule has 17 heavy (non-hydrogen) atoms. The van der Waals surface area contributed by atoms with E-state index < -0.39 is 5.60 Å². The minimum atomic E-state index is -0.640. The molecule has 4 nitrogen and oxygen atoms in total. The number of nitrogens with zero attached hydrogens (tertiary/aromatic N) is 1. The Balaban J connectivity index is 2.10. The Bertz CT molecular complexity index is 419. The van der Waals surface area contributed by atoms with Gasteiger partial charge in [0, 0.05) is 18.8 Å². The van der Waals surface area contributed by atoms with Crippen molar-refractivity contribution < 1.29 is 9.90 Å². The summed E-state index contributed by atoms with van der Waals surface area (Å²) in [4.78, 5) is 13.9. The maximum atomic E-state index is 12.2. The molecule has 1 fully saturated rings. The van der Waals surface area contributed by atoms with Gasteiger partial charge in [-0.25, -0.2) is 0 Å². The third-order valence-electron chi connectivity index (χ3n) is 3.32. The van der Waals surface area contributed by atoms with Gasteiger partial charge in [-0.3, -0.25) is 4.79 Å². The summed E-state index contributed by atoms with van der Waals surface area (Å²) in [6.07, 6.45) is 1.23. The number of rotatable bonds is 1. The normalized spacial score (nSPS) is 19.1. The molecule has 1 heterocycles. The van der Waals surface area contributed by atoms with Crippen LogP contribution in [0.2, 0.25) is 0 Å². The summed E-state index contributed by atoms with van der Waals surface area (Å²) in [6.45, 7) is 2.98. The quantitative estimate of drug-likeness (QED) is 0.719. The number of carbonyl (C=O) groups excluding carboxylic acids is 1. The molecule has 4 heteroatoms. The fourth-order valence-electron chi connectivity index (χ4n) is 2.05. The van der Waals surface area contributed by atoms with E-state index in [1.807, 2.05) is 19.1 Å². The summed E-state index contributed by atoms with van der Waals surface area (Å²) < 4.78 is 0. The van der Waals surface area contributed by atoms with Crippen molar-refractivity contribution in [1.29, 1.82) is 0 Å². The second-order valence-electron chi connectivity index (χ2n) is 4.88. The van der Waals surface area contributed by atoms with Gasteiger partial charge in [-0.2, -0.15) is 0 Å². The predicted octanol–water partition coefficient (Wildman–Crippen LogP) is 1.26. The molecule has 0 unspecified atom stereocenters. The van der Waals surface area contributed by atoms with Crippen molar-refractivity contribution in [3.63, 3.8) is 0 Å². The van der Waals surface area contributed by atoms with Gasteiger partial charge in [0.2, 0.25) is 0 Å². The number of benzene rings is 1. The maximum absolute atomic E-state index is 12.2. The third kappa shape index (κ3) is 2.58. The fraction of sp³-hybridized carbons (Fsp3) is 0.462. The van der Waals surface area contributed by atoms with Crippen molar-refractivity contribution >= 4 is 11.6 Å². The Labute approximate surface area is 101 Å². The number of amides is 1. The minimum absolute atomic E-state index is 0.0430. The van der Waals surface area contributed by atoms with Crippen LogP contribution in [0.25, 0.3) is 0 Å². The van der Waals surface area contributed by atoms with Crippen LogP contribution in [0.4, 0.5) is 5.69 Å². The number of para-hydroxylation sites is 1. The number of hydrogen-bond donors (Lipinski definition) is 2. The Morgan fingerprint density at radius 2 is 1.94 bits per heavy atom. The molecule has 0 radical (unpaired) electrons. The molecular weight excluding hydrogens is 216 g/mol. The van der Waals surface area contributed by atoms with Gasteiger partial charge < -0.3 is 15.7 Å².